The molecule has 22 heavy (non-hydrogen) atoms. The largest absolute Gasteiger partial charge is 0.330 e. The van der Waals surface area contributed by atoms with Crippen LogP contribution < -0.4 is 11.1 Å². The maximum Gasteiger partial charge on any atom is 0.275 e. The van der Waals surface area contributed by atoms with Crippen molar-refractivity contribution in [3.63, 3.8) is 0 Å². The Morgan fingerprint density at radius 2 is 2.32 bits per heavy atom. The molecule has 3 N–H and O–H groups in total. The number of halogens is 1. The van der Waals surface area contributed by atoms with Crippen LogP contribution >= 0.6 is 27.3 Å². The van der Waals surface area contributed by atoms with E-state index in [-0.39, 0.29) is 5.91 Å². The van der Waals surface area contributed by atoms with Crippen LogP contribution in [0.2, 0.25) is 0 Å². The maximum absolute atomic E-state index is 12.2. The molecule has 2 heterocycles. The maximum atomic E-state index is 12.2. The van der Waals surface area contributed by atoms with Crippen LogP contribution in [0.4, 0.5) is 5.69 Å². The third-order valence-electron chi connectivity index (χ3n) is 3.21. The molecule has 2 aromatic heterocycles. The summed E-state index contributed by atoms with van der Waals surface area (Å²) in [5.74, 6) is -0.222. The van der Waals surface area contributed by atoms with E-state index < -0.39 is 0 Å². The molecule has 114 valence electrons. The van der Waals surface area contributed by atoms with Crippen molar-refractivity contribution < 1.29 is 4.79 Å². The van der Waals surface area contributed by atoms with E-state index in [0.717, 1.165) is 20.5 Å². The van der Waals surface area contributed by atoms with Crippen LogP contribution in [0.5, 0.6) is 0 Å². The van der Waals surface area contributed by atoms with Crippen molar-refractivity contribution in [1.82, 2.24) is 14.8 Å². The van der Waals surface area contributed by atoms with Gasteiger partial charge in [-0.3, -0.25) is 9.48 Å². The zero-order valence-electron chi connectivity index (χ0n) is 11.8. The van der Waals surface area contributed by atoms with Gasteiger partial charge in [-0.1, -0.05) is 0 Å². The van der Waals surface area contributed by atoms with E-state index in [0.29, 0.717) is 24.3 Å². The molecule has 0 unspecified atom stereocenters. The van der Waals surface area contributed by atoms with Crippen molar-refractivity contribution in [2.45, 2.75) is 6.42 Å². The first kappa shape index (κ1) is 15.1. The highest BCUT2D eigenvalue weighted by Crippen LogP contribution is 2.25. The zero-order chi connectivity index (χ0) is 15.7. The molecule has 0 saturated heterocycles. The minimum absolute atomic E-state index is 0.222. The monoisotopic (exact) mass is 379 g/mol. The summed E-state index contributed by atoms with van der Waals surface area (Å²) in [6.45, 7) is 0.528. The number of thiazole rings is 1. The van der Waals surface area contributed by atoms with Crippen LogP contribution in [-0.4, -0.2) is 27.2 Å². The molecule has 0 spiro atoms. The fraction of sp³-hybridized carbons (Fsp3) is 0.214. The van der Waals surface area contributed by atoms with E-state index in [1.165, 1.54) is 11.3 Å². The summed E-state index contributed by atoms with van der Waals surface area (Å²) in [7, 11) is 1.86. The third kappa shape index (κ3) is 2.90. The zero-order valence-corrected chi connectivity index (χ0v) is 14.2. The lowest BCUT2D eigenvalue weighted by molar-refractivity contribution is 0.102. The summed E-state index contributed by atoms with van der Waals surface area (Å²) >= 11 is 4.86. The van der Waals surface area contributed by atoms with E-state index in [2.05, 4.69) is 31.3 Å². The quantitative estimate of drug-likeness (QED) is 0.729. The van der Waals surface area contributed by atoms with Gasteiger partial charge in [0, 0.05) is 29.9 Å². The summed E-state index contributed by atoms with van der Waals surface area (Å²) in [5.41, 5.74) is 7.56. The molecule has 0 aliphatic rings. The third-order valence-corrected chi connectivity index (χ3v) is 4.70. The van der Waals surface area contributed by atoms with Gasteiger partial charge in [0.15, 0.2) is 0 Å². The number of benzene rings is 1. The van der Waals surface area contributed by atoms with Crippen LogP contribution in [0.3, 0.4) is 0 Å². The number of nitrogens with one attached hydrogen (secondary N) is 1. The molecule has 0 aliphatic heterocycles. The number of nitrogens with two attached hydrogens (primary N) is 1. The van der Waals surface area contributed by atoms with Crippen molar-refractivity contribution in [2.24, 2.45) is 12.8 Å². The van der Waals surface area contributed by atoms with Gasteiger partial charge in [0.1, 0.15) is 10.3 Å². The number of fused-ring (bicyclic) bond motifs is 1. The Labute approximate surface area is 139 Å². The first-order chi connectivity index (χ1) is 10.6. The number of anilines is 1. The van der Waals surface area contributed by atoms with Gasteiger partial charge in [-0.25, -0.2) is 4.98 Å². The molecule has 1 aromatic carbocycles. The number of carbonyl (C=O) groups is 1. The molecule has 0 aliphatic carbocycles. The van der Waals surface area contributed by atoms with E-state index in [1.807, 2.05) is 25.2 Å². The number of aromatic nitrogens is 3. The summed E-state index contributed by atoms with van der Waals surface area (Å²) in [6.07, 6.45) is 0.687. The fourth-order valence-corrected chi connectivity index (χ4v) is 3.51. The molecule has 0 atom stereocenters. The number of carbonyl (C=O) groups excluding carboxylic acids is 1. The van der Waals surface area contributed by atoms with Gasteiger partial charge in [-0.2, -0.15) is 5.10 Å². The summed E-state index contributed by atoms with van der Waals surface area (Å²) in [4.78, 5) is 16.5. The topological polar surface area (TPSA) is 85.8 Å². The van der Waals surface area contributed by atoms with Gasteiger partial charge in [0.2, 0.25) is 0 Å². The van der Waals surface area contributed by atoms with Crippen molar-refractivity contribution in [1.29, 1.82) is 0 Å². The Kier molecular flexibility index (Phi) is 4.23. The Bertz CT molecular complexity index is 841. The molecule has 1 amide bonds. The van der Waals surface area contributed by atoms with E-state index >= 15 is 0 Å². The standard InChI is InChI=1S/C14H14BrN5OS/c1-20-11-6-8(2-3-9(11)13(15)19-20)17-14(21)10-7-22-12(18-10)4-5-16/h2-3,6-7H,4-5,16H2,1H3,(H,17,21). The highest BCUT2D eigenvalue weighted by molar-refractivity contribution is 9.10. The Morgan fingerprint density at radius 3 is 3.09 bits per heavy atom. The van der Waals surface area contributed by atoms with Crippen LogP contribution in [0.15, 0.2) is 28.2 Å². The van der Waals surface area contributed by atoms with Crippen molar-refractivity contribution in [2.75, 3.05) is 11.9 Å². The molecule has 0 saturated carbocycles. The normalized spacial score (nSPS) is 11.0. The fourth-order valence-electron chi connectivity index (χ4n) is 2.14. The molecule has 3 aromatic rings. The summed E-state index contributed by atoms with van der Waals surface area (Å²) in [6, 6.07) is 5.65. The minimum atomic E-state index is -0.222. The Morgan fingerprint density at radius 1 is 1.50 bits per heavy atom. The SMILES string of the molecule is Cn1nc(Br)c2ccc(NC(=O)c3csc(CCN)n3)cc21. The molecular weight excluding hydrogens is 366 g/mol. The van der Waals surface area contributed by atoms with Gasteiger partial charge < -0.3 is 11.1 Å². The lowest BCUT2D eigenvalue weighted by Gasteiger charge is -2.04. The van der Waals surface area contributed by atoms with Gasteiger partial charge >= 0.3 is 0 Å². The van der Waals surface area contributed by atoms with Crippen molar-refractivity contribution >= 4 is 49.8 Å². The summed E-state index contributed by atoms with van der Waals surface area (Å²) in [5, 5.41) is 10.8. The second-order valence-corrected chi connectivity index (χ2v) is 6.46. The predicted octanol–water partition coefficient (Wildman–Crippen LogP) is 2.55. The lowest BCUT2D eigenvalue weighted by Crippen LogP contribution is -2.12. The first-order valence-corrected chi connectivity index (χ1v) is 8.34. The number of nitrogens with zero attached hydrogens (tertiary/aromatic N) is 3. The van der Waals surface area contributed by atoms with Gasteiger partial charge in [-0.15, -0.1) is 11.3 Å². The predicted molar refractivity (Wildman–Crippen MR) is 91.2 cm³/mol. The number of hydrogen-bond donors (Lipinski definition) is 2. The smallest absolute Gasteiger partial charge is 0.275 e. The van der Waals surface area contributed by atoms with Crippen LogP contribution in [0.25, 0.3) is 10.9 Å². The van der Waals surface area contributed by atoms with Crippen LogP contribution in [0, 0.1) is 0 Å². The highest BCUT2D eigenvalue weighted by Gasteiger charge is 2.12. The second kappa shape index (κ2) is 6.15. The van der Waals surface area contributed by atoms with E-state index in [1.54, 1.807) is 10.1 Å². The van der Waals surface area contributed by atoms with Gasteiger partial charge in [0.25, 0.3) is 5.91 Å². The Hall–Kier alpha value is -1.77. The number of aryl methyl sites for hydroxylation is 1. The molecule has 0 fully saturated rings. The lowest BCUT2D eigenvalue weighted by atomic mass is 10.2. The molecular formula is C14H14BrN5OS. The van der Waals surface area contributed by atoms with Crippen LogP contribution in [0.1, 0.15) is 15.5 Å². The molecule has 0 radical (unpaired) electrons. The molecule has 8 heteroatoms. The second-order valence-electron chi connectivity index (χ2n) is 4.77. The molecule has 6 nitrogen and oxygen atoms in total. The van der Waals surface area contributed by atoms with E-state index in [4.69, 9.17) is 5.73 Å². The number of amides is 1. The summed E-state index contributed by atoms with van der Waals surface area (Å²) < 4.78 is 2.55. The minimum Gasteiger partial charge on any atom is -0.330 e. The Balaban J connectivity index is 1.82. The average Bonchev–Trinajstić information content (AvgIpc) is 3.06. The van der Waals surface area contributed by atoms with Crippen molar-refractivity contribution in [3.8, 4) is 0 Å². The molecule has 0 bridgehead atoms. The van der Waals surface area contributed by atoms with Gasteiger partial charge in [0.05, 0.1) is 10.5 Å². The average molecular weight is 380 g/mol. The molecule has 3 rings (SSSR count). The highest BCUT2D eigenvalue weighted by atomic mass is 79.9. The van der Waals surface area contributed by atoms with Crippen molar-refractivity contribution in [3.05, 3.63) is 38.9 Å². The first-order valence-electron chi connectivity index (χ1n) is 6.66. The van der Waals surface area contributed by atoms with Crippen LogP contribution in [-0.2, 0) is 13.5 Å². The number of rotatable bonds is 4. The van der Waals surface area contributed by atoms with Gasteiger partial charge in [-0.05, 0) is 40.7 Å². The van der Waals surface area contributed by atoms with E-state index in [9.17, 15) is 4.79 Å². The number of hydrogen-bond acceptors (Lipinski definition) is 5.